The van der Waals surface area contributed by atoms with Crippen LogP contribution in [-0.4, -0.2) is 22.9 Å². The summed E-state index contributed by atoms with van der Waals surface area (Å²) < 4.78 is 1.92. The van der Waals surface area contributed by atoms with Crippen molar-refractivity contribution in [1.29, 1.82) is 0 Å². The largest absolute Gasteiger partial charge is 0.317 e. The Bertz CT molecular complexity index is 302. The average Bonchev–Trinajstić information content (AvgIpc) is 2.52. The zero-order valence-corrected chi connectivity index (χ0v) is 9.22. The quantitative estimate of drug-likeness (QED) is 0.813. The fourth-order valence-electron chi connectivity index (χ4n) is 1.90. The van der Waals surface area contributed by atoms with E-state index in [9.17, 15) is 0 Å². The average molecular weight is 214 g/mol. The van der Waals surface area contributed by atoms with Crippen molar-refractivity contribution in [1.82, 2.24) is 15.1 Å². The van der Waals surface area contributed by atoms with Crippen LogP contribution in [0.25, 0.3) is 0 Å². The first-order chi connectivity index (χ1) is 6.77. The van der Waals surface area contributed by atoms with Gasteiger partial charge in [-0.05, 0) is 38.8 Å². The molecule has 1 saturated heterocycles. The first-order valence-corrected chi connectivity index (χ1v) is 5.54. The molecule has 0 aliphatic carbocycles. The van der Waals surface area contributed by atoms with E-state index in [-0.39, 0.29) is 0 Å². The number of rotatable bonds is 2. The molecular formula is C10H16ClN3. The molecule has 0 amide bonds. The van der Waals surface area contributed by atoms with E-state index < -0.39 is 0 Å². The summed E-state index contributed by atoms with van der Waals surface area (Å²) in [6.45, 7) is 5.22. The van der Waals surface area contributed by atoms with Crippen molar-refractivity contribution in [2.75, 3.05) is 13.1 Å². The molecule has 3 nitrogen and oxygen atoms in total. The molecule has 1 aromatic rings. The van der Waals surface area contributed by atoms with Crippen LogP contribution >= 0.6 is 11.6 Å². The summed E-state index contributed by atoms with van der Waals surface area (Å²) in [6.07, 6.45) is 4.30. The number of aromatic nitrogens is 2. The highest BCUT2D eigenvalue weighted by Crippen LogP contribution is 2.19. The van der Waals surface area contributed by atoms with Crippen molar-refractivity contribution < 1.29 is 0 Å². The zero-order valence-electron chi connectivity index (χ0n) is 8.46. The highest BCUT2D eigenvalue weighted by Gasteiger charge is 2.15. The van der Waals surface area contributed by atoms with Gasteiger partial charge in [0.1, 0.15) is 5.15 Å². The third-order valence-electron chi connectivity index (χ3n) is 2.83. The van der Waals surface area contributed by atoms with E-state index in [0.29, 0.717) is 0 Å². The molecular weight excluding hydrogens is 198 g/mol. The van der Waals surface area contributed by atoms with Gasteiger partial charge in [-0.15, -0.1) is 0 Å². The van der Waals surface area contributed by atoms with Gasteiger partial charge in [-0.3, -0.25) is 4.68 Å². The summed E-state index contributed by atoms with van der Waals surface area (Å²) in [5.74, 6) is 0.730. The Morgan fingerprint density at radius 2 is 2.29 bits per heavy atom. The van der Waals surface area contributed by atoms with E-state index in [0.717, 1.165) is 36.3 Å². The maximum Gasteiger partial charge on any atom is 0.129 e. The lowest BCUT2D eigenvalue weighted by Crippen LogP contribution is -2.30. The van der Waals surface area contributed by atoms with Crippen LogP contribution in [0.2, 0.25) is 5.15 Å². The minimum absolute atomic E-state index is 0.730. The number of halogens is 1. The summed E-state index contributed by atoms with van der Waals surface area (Å²) in [7, 11) is 0. The van der Waals surface area contributed by atoms with E-state index in [1.54, 1.807) is 0 Å². The Morgan fingerprint density at radius 3 is 2.86 bits per heavy atom. The molecule has 4 heteroatoms. The summed E-state index contributed by atoms with van der Waals surface area (Å²) >= 11 is 6.11. The second kappa shape index (κ2) is 4.32. The Labute approximate surface area is 89.4 Å². The lowest BCUT2D eigenvalue weighted by atomic mass is 9.98. The topological polar surface area (TPSA) is 29.9 Å². The van der Waals surface area contributed by atoms with Crippen LogP contribution in [0.4, 0.5) is 0 Å². The highest BCUT2D eigenvalue weighted by atomic mass is 35.5. The standard InChI is InChI=1S/C10H16ClN3/c1-8-6-13-14(10(8)11)7-9-2-4-12-5-3-9/h6,9,12H,2-5,7H2,1H3. The molecule has 0 saturated carbocycles. The van der Waals surface area contributed by atoms with Gasteiger partial charge < -0.3 is 5.32 Å². The van der Waals surface area contributed by atoms with E-state index >= 15 is 0 Å². The van der Waals surface area contributed by atoms with Crippen LogP contribution in [0.15, 0.2) is 6.20 Å². The molecule has 0 aromatic carbocycles. The predicted octanol–water partition coefficient (Wildman–Crippen LogP) is 1.84. The minimum atomic E-state index is 0.730. The molecule has 2 heterocycles. The van der Waals surface area contributed by atoms with E-state index in [1.165, 1.54) is 12.8 Å². The summed E-state index contributed by atoms with van der Waals surface area (Å²) in [4.78, 5) is 0. The van der Waals surface area contributed by atoms with Gasteiger partial charge in [0.15, 0.2) is 0 Å². The summed E-state index contributed by atoms with van der Waals surface area (Å²) in [5, 5.41) is 8.43. The molecule has 0 bridgehead atoms. The van der Waals surface area contributed by atoms with Gasteiger partial charge in [0.2, 0.25) is 0 Å². The van der Waals surface area contributed by atoms with Crippen molar-refractivity contribution in [3.63, 3.8) is 0 Å². The number of nitrogens with one attached hydrogen (secondary N) is 1. The lowest BCUT2D eigenvalue weighted by molar-refractivity contribution is 0.321. The highest BCUT2D eigenvalue weighted by molar-refractivity contribution is 6.30. The fourth-order valence-corrected chi connectivity index (χ4v) is 2.06. The van der Waals surface area contributed by atoms with Crippen molar-refractivity contribution in [3.05, 3.63) is 16.9 Å². The number of aryl methyl sites for hydroxylation is 1. The van der Waals surface area contributed by atoms with Gasteiger partial charge in [-0.2, -0.15) is 5.10 Å². The third kappa shape index (κ3) is 2.10. The molecule has 0 spiro atoms. The molecule has 0 atom stereocenters. The normalized spacial score (nSPS) is 18.7. The molecule has 1 N–H and O–H groups in total. The van der Waals surface area contributed by atoms with Crippen LogP contribution in [0.1, 0.15) is 18.4 Å². The Hall–Kier alpha value is -0.540. The molecule has 0 unspecified atom stereocenters. The second-order valence-electron chi connectivity index (χ2n) is 3.99. The maximum absolute atomic E-state index is 6.11. The van der Waals surface area contributed by atoms with Crippen LogP contribution in [0.3, 0.4) is 0 Å². The van der Waals surface area contributed by atoms with Gasteiger partial charge in [-0.25, -0.2) is 0 Å². The van der Waals surface area contributed by atoms with E-state index in [2.05, 4.69) is 10.4 Å². The van der Waals surface area contributed by atoms with Crippen molar-refractivity contribution in [2.24, 2.45) is 5.92 Å². The molecule has 1 aliphatic rings. The number of piperidine rings is 1. The number of hydrogen-bond donors (Lipinski definition) is 1. The Kier molecular flexibility index (Phi) is 3.08. The van der Waals surface area contributed by atoms with Crippen molar-refractivity contribution in [3.8, 4) is 0 Å². The molecule has 1 aliphatic heterocycles. The summed E-state index contributed by atoms with van der Waals surface area (Å²) in [6, 6.07) is 0. The van der Waals surface area contributed by atoms with E-state index in [1.807, 2.05) is 17.8 Å². The molecule has 14 heavy (non-hydrogen) atoms. The van der Waals surface area contributed by atoms with Gasteiger partial charge in [0.25, 0.3) is 0 Å². The molecule has 1 fully saturated rings. The van der Waals surface area contributed by atoms with Gasteiger partial charge in [0.05, 0.1) is 6.20 Å². The fraction of sp³-hybridized carbons (Fsp3) is 0.700. The Balaban J connectivity index is 1.99. The van der Waals surface area contributed by atoms with Crippen molar-refractivity contribution >= 4 is 11.6 Å². The lowest BCUT2D eigenvalue weighted by Gasteiger charge is -2.22. The molecule has 1 aromatic heterocycles. The second-order valence-corrected chi connectivity index (χ2v) is 4.35. The molecule has 78 valence electrons. The van der Waals surface area contributed by atoms with Gasteiger partial charge in [-0.1, -0.05) is 11.6 Å². The van der Waals surface area contributed by atoms with Crippen LogP contribution in [0, 0.1) is 12.8 Å². The minimum Gasteiger partial charge on any atom is -0.317 e. The zero-order chi connectivity index (χ0) is 9.97. The monoisotopic (exact) mass is 213 g/mol. The SMILES string of the molecule is Cc1cnn(CC2CCNCC2)c1Cl. The number of nitrogens with zero attached hydrogens (tertiary/aromatic N) is 2. The first-order valence-electron chi connectivity index (χ1n) is 5.16. The van der Waals surface area contributed by atoms with Crippen LogP contribution in [-0.2, 0) is 6.54 Å². The predicted molar refractivity (Wildman–Crippen MR) is 57.6 cm³/mol. The third-order valence-corrected chi connectivity index (χ3v) is 3.33. The van der Waals surface area contributed by atoms with Gasteiger partial charge >= 0.3 is 0 Å². The first kappa shape index (κ1) is 9.99. The van der Waals surface area contributed by atoms with Crippen molar-refractivity contribution in [2.45, 2.75) is 26.3 Å². The van der Waals surface area contributed by atoms with Gasteiger partial charge in [0, 0.05) is 12.1 Å². The smallest absolute Gasteiger partial charge is 0.129 e. The molecule has 2 rings (SSSR count). The Morgan fingerprint density at radius 1 is 1.57 bits per heavy atom. The maximum atomic E-state index is 6.11. The summed E-state index contributed by atoms with van der Waals surface area (Å²) in [5.41, 5.74) is 1.07. The molecule has 0 radical (unpaired) electrons. The van der Waals surface area contributed by atoms with E-state index in [4.69, 9.17) is 11.6 Å². The number of hydrogen-bond acceptors (Lipinski definition) is 2. The van der Waals surface area contributed by atoms with Crippen LogP contribution in [0.5, 0.6) is 0 Å². The van der Waals surface area contributed by atoms with Crippen LogP contribution < -0.4 is 5.32 Å².